The lowest BCUT2D eigenvalue weighted by Gasteiger charge is -2.27. The van der Waals surface area contributed by atoms with Crippen molar-refractivity contribution in [1.29, 1.82) is 0 Å². The van der Waals surface area contributed by atoms with E-state index in [0.29, 0.717) is 0 Å². The van der Waals surface area contributed by atoms with Crippen molar-refractivity contribution in [2.24, 2.45) is 5.73 Å². The Morgan fingerprint density at radius 3 is 2.32 bits per heavy atom. The number of rotatable bonds is 3. The molecule has 2 rings (SSSR count). The molecule has 1 saturated carbocycles. The van der Waals surface area contributed by atoms with Crippen molar-refractivity contribution < 1.29 is 9.53 Å². The molecule has 0 bridgehead atoms. The fraction of sp³-hybridized carbons (Fsp3) is 0.562. The van der Waals surface area contributed by atoms with E-state index in [1.807, 2.05) is 37.3 Å². The summed E-state index contributed by atoms with van der Waals surface area (Å²) in [5, 5.41) is 0. The van der Waals surface area contributed by atoms with Crippen LogP contribution in [0.1, 0.15) is 57.1 Å². The Bertz CT molecular complexity index is 408. The number of esters is 1. The van der Waals surface area contributed by atoms with Crippen LogP contribution in [0.5, 0.6) is 0 Å². The molecule has 0 amide bonds. The number of hydrogen-bond donors (Lipinski definition) is 1. The summed E-state index contributed by atoms with van der Waals surface area (Å²) in [5.74, 6) is -0.245. The van der Waals surface area contributed by atoms with Crippen LogP contribution in [0.15, 0.2) is 30.3 Å². The third-order valence-corrected chi connectivity index (χ3v) is 3.96. The third kappa shape index (κ3) is 3.57. The monoisotopic (exact) mass is 261 g/mol. The summed E-state index contributed by atoms with van der Waals surface area (Å²) in [4.78, 5) is 12.3. The zero-order valence-electron chi connectivity index (χ0n) is 11.6. The zero-order valence-corrected chi connectivity index (χ0v) is 11.6. The maximum Gasteiger partial charge on any atom is 0.326 e. The van der Waals surface area contributed by atoms with Crippen molar-refractivity contribution in [3.05, 3.63) is 35.9 Å². The van der Waals surface area contributed by atoms with Crippen molar-refractivity contribution >= 4 is 5.97 Å². The van der Waals surface area contributed by atoms with Crippen LogP contribution in [0.25, 0.3) is 0 Å². The largest absolute Gasteiger partial charge is 0.456 e. The van der Waals surface area contributed by atoms with Crippen LogP contribution < -0.4 is 5.73 Å². The van der Waals surface area contributed by atoms with Crippen LogP contribution in [0.2, 0.25) is 0 Å². The van der Waals surface area contributed by atoms with Gasteiger partial charge in [-0.1, -0.05) is 56.0 Å². The van der Waals surface area contributed by atoms with Crippen molar-refractivity contribution in [2.45, 2.75) is 57.1 Å². The minimum Gasteiger partial charge on any atom is -0.456 e. The van der Waals surface area contributed by atoms with Gasteiger partial charge >= 0.3 is 5.97 Å². The van der Waals surface area contributed by atoms with Gasteiger partial charge in [-0.2, -0.15) is 0 Å². The van der Waals surface area contributed by atoms with Crippen LogP contribution in [-0.4, -0.2) is 11.5 Å². The standard InChI is InChI=1S/C16H23NO2/c1-13(14-9-5-4-6-10-14)19-15(18)16(17)11-7-2-3-8-12-16/h4-6,9-10,13H,2-3,7-8,11-12,17H2,1H3. The Kier molecular flexibility index (Phi) is 4.59. The SMILES string of the molecule is CC(OC(=O)C1(N)CCCCCC1)c1ccccc1. The predicted molar refractivity (Wildman–Crippen MR) is 75.6 cm³/mol. The van der Waals surface area contributed by atoms with E-state index >= 15 is 0 Å². The summed E-state index contributed by atoms with van der Waals surface area (Å²) in [7, 11) is 0. The molecule has 1 aliphatic carbocycles. The minimum absolute atomic E-state index is 0.239. The molecule has 0 heterocycles. The summed E-state index contributed by atoms with van der Waals surface area (Å²) >= 11 is 0. The fourth-order valence-corrected chi connectivity index (χ4v) is 2.63. The van der Waals surface area contributed by atoms with Gasteiger partial charge in [0.15, 0.2) is 0 Å². The van der Waals surface area contributed by atoms with Crippen LogP contribution in [0.3, 0.4) is 0 Å². The van der Waals surface area contributed by atoms with Gasteiger partial charge in [-0.15, -0.1) is 0 Å². The van der Waals surface area contributed by atoms with Crippen molar-refractivity contribution in [3.63, 3.8) is 0 Å². The number of ether oxygens (including phenoxy) is 1. The summed E-state index contributed by atoms with van der Waals surface area (Å²) in [6.07, 6.45) is 5.62. The van der Waals surface area contributed by atoms with Crippen LogP contribution in [-0.2, 0) is 9.53 Å². The van der Waals surface area contributed by atoms with Crippen LogP contribution in [0.4, 0.5) is 0 Å². The highest BCUT2D eigenvalue weighted by molar-refractivity contribution is 5.80. The van der Waals surface area contributed by atoms with Gasteiger partial charge in [0.2, 0.25) is 0 Å². The van der Waals surface area contributed by atoms with E-state index < -0.39 is 5.54 Å². The van der Waals surface area contributed by atoms with E-state index in [4.69, 9.17) is 10.5 Å². The molecule has 0 spiro atoms. The molecule has 1 fully saturated rings. The van der Waals surface area contributed by atoms with Gasteiger partial charge in [-0.05, 0) is 25.3 Å². The first-order chi connectivity index (χ1) is 9.12. The quantitative estimate of drug-likeness (QED) is 0.670. The molecule has 1 aromatic carbocycles. The molecular weight excluding hydrogens is 238 g/mol. The molecule has 0 aliphatic heterocycles. The molecule has 1 aliphatic rings. The fourth-order valence-electron chi connectivity index (χ4n) is 2.63. The zero-order chi connectivity index (χ0) is 13.7. The average Bonchev–Trinajstić information content (AvgIpc) is 2.65. The molecule has 3 nitrogen and oxygen atoms in total. The summed E-state index contributed by atoms with van der Waals surface area (Å²) in [6, 6.07) is 9.78. The van der Waals surface area contributed by atoms with Crippen molar-refractivity contribution in [2.75, 3.05) is 0 Å². The van der Waals surface area contributed by atoms with Gasteiger partial charge in [0.05, 0.1) is 0 Å². The van der Waals surface area contributed by atoms with Gasteiger partial charge < -0.3 is 10.5 Å². The highest BCUT2D eigenvalue weighted by Gasteiger charge is 2.36. The smallest absolute Gasteiger partial charge is 0.326 e. The molecule has 1 atom stereocenters. The van der Waals surface area contributed by atoms with Crippen molar-refractivity contribution in [1.82, 2.24) is 0 Å². The second-order valence-electron chi connectivity index (χ2n) is 5.53. The molecule has 19 heavy (non-hydrogen) atoms. The second kappa shape index (κ2) is 6.20. The number of carbonyl (C=O) groups excluding carboxylic acids is 1. The molecule has 2 N–H and O–H groups in total. The Morgan fingerprint density at radius 1 is 1.16 bits per heavy atom. The summed E-state index contributed by atoms with van der Waals surface area (Å²) in [5.41, 5.74) is 6.48. The van der Waals surface area contributed by atoms with Gasteiger partial charge in [-0.3, -0.25) is 4.79 Å². The molecule has 0 saturated heterocycles. The normalized spacial score (nSPS) is 20.3. The van der Waals surface area contributed by atoms with Crippen LogP contribution in [0, 0.1) is 0 Å². The van der Waals surface area contributed by atoms with Gasteiger partial charge in [0.25, 0.3) is 0 Å². The van der Waals surface area contributed by atoms with E-state index in [2.05, 4.69) is 0 Å². The van der Waals surface area contributed by atoms with Gasteiger partial charge in [0, 0.05) is 0 Å². The summed E-state index contributed by atoms with van der Waals surface area (Å²) < 4.78 is 5.57. The van der Waals surface area contributed by atoms with E-state index in [9.17, 15) is 4.79 Å². The predicted octanol–water partition coefficient (Wildman–Crippen LogP) is 3.34. The Morgan fingerprint density at radius 2 is 1.74 bits per heavy atom. The van der Waals surface area contributed by atoms with E-state index in [1.54, 1.807) is 0 Å². The second-order valence-corrected chi connectivity index (χ2v) is 5.53. The van der Waals surface area contributed by atoms with E-state index in [-0.39, 0.29) is 12.1 Å². The number of hydrogen-bond acceptors (Lipinski definition) is 3. The minimum atomic E-state index is -0.778. The lowest BCUT2D eigenvalue weighted by atomic mass is 9.91. The first-order valence-corrected chi connectivity index (χ1v) is 7.17. The Labute approximate surface area is 115 Å². The maximum atomic E-state index is 12.3. The molecule has 0 aromatic heterocycles. The number of carbonyl (C=O) groups is 1. The van der Waals surface area contributed by atoms with Gasteiger partial charge in [0.1, 0.15) is 11.6 Å². The highest BCUT2D eigenvalue weighted by Crippen LogP contribution is 2.28. The highest BCUT2D eigenvalue weighted by atomic mass is 16.5. The summed E-state index contributed by atoms with van der Waals surface area (Å²) in [6.45, 7) is 1.90. The van der Waals surface area contributed by atoms with Crippen molar-refractivity contribution in [3.8, 4) is 0 Å². The van der Waals surface area contributed by atoms with Crippen LogP contribution >= 0.6 is 0 Å². The number of nitrogens with two attached hydrogens (primary N) is 1. The first kappa shape index (κ1) is 14.1. The molecule has 1 unspecified atom stereocenters. The molecule has 1 aromatic rings. The topological polar surface area (TPSA) is 52.3 Å². The Balaban J connectivity index is 2.00. The Hall–Kier alpha value is -1.35. The molecule has 104 valence electrons. The molecular formula is C16H23NO2. The van der Waals surface area contributed by atoms with E-state index in [0.717, 1.165) is 31.2 Å². The lowest BCUT2D eigenvalue weighted by Crippen LogP contribution is -2.48. The number of benzene rings is 1. The lowest BCUT2D eigenvalue weighted by molar-refractivity contribution is -0.155. The average molecular weight is 261 g/mol. The molecule has 0 radical (unpaired) electrons. The van der Waals surface area contributed by atoms with Gasteiger partial charge in [-0.25, -0.2) is 0 Å². The first-order valence-electron chi connectivity index (χ1n) is 7.17. The maximum absolute atomic E-state index is 12.3. The molecule has 3 heteroatoms. The third-order valence-electron chi connectivity index (χ3n) is 3.96. The van der Waals surface area contributed by atoms with E-state index in [1.165, 1.54) is 12.8 Å².